The fraction of sp³-hybridized carbons (Fsp3) is 0.964. The monoisotopic (exact) mass is 1070 g/mol. The lowest BCUT2D eigenvalue weighted by molar-refractivity contribution is -0.374. The van der Waals surface area contributed by atoms with Crippen LogP contribution in [0.5, 0.6) is 0 Å². The van der Waals surface area contributed by atoms with Crippen molar-refractivity contribution in [1.29, 1.82) is 0 Å². The SMILES string of the molecule is CCCCCCCCCCCCCCCCCC(O)C(C)CC(C)CC(C)C(=O)OC1C(OC2OC(CO)C(O)C(O)C2OS(=O)(=O)O)OC(CO)C(O)C1OC(=O)CCCCCCCCCCCCCCC. The molecular formula is C55H104O17S. The number of hydrogen-bond acceptors (Lipinski definition) is 16. The van der Waals surface area contributed by atoms with Gasteiger partial charge in [-0.1, -0.05) is 208 Å². The molecular weight excluding hydrogens is 965 g/mol. The Morgan fingerprint density at radius 3 is 1.38 bits per heavy atom. The van der Waals surface area contributed by atoms with Crippen LogP contribution in [-0.4, -0.2) is 136 Å². The third-order valence-electron chi connectivity index (χ3n) is 14.8. The van der Waals surface area contributed by atoms with E-state index in [2.05, 4.69) is 18.0 Å². The lowest BCUT2D eigenvalue weighted by atomic mass is 9.86. The molecule has 17 nitrogen and oxygen atoms in total. The molecule has 0 aromatic carbocycles. The second-order valence-electron chi connectivity index (χ2n) is 21.7. The summed E-state index contributed by atoms with van der Waals surface area (Å²) < 4.78 is 66.9. The summed E-state index contributed by atoms with van der Waals surface area (Å²) in [5, 5.41) is 64.0. The van der Waals surface area contributed by atoms with Crippen LogP contribution in [0.4, 0.5) is 0 Å². The molecule has 0 bridgehead atoms. The van der Waals surface area contributed by atoms with E-state index in [1.54, 1.807) is 6.92 Å². The molecule has 0 amide bonds. The fourth-order valence-electron chi connectivity index (χ4n) is 10.3. The first-order chi connectivity index (χ1) is 35.0. The maximum atomic E-state index is 14.0. The van der Waals surface area contributed by atoms with E-state index in [-0.39, 0.29) is 18.3 Å². The molecule has 0 aliphatic carbocycles. The zero-order valence-electron chi connectivity index (χ0n) is 45.7. The minimum absolute atomic E-state index is 0.0342. The maximum absolute atomic E-state index is 14.0. The number of ether oxygens (including phenoxy) is 5. The summed E-state index contributed by atoms with van der Waals surface area (Å²) in [6.45, 7) is 8.34. The Hall–Kier alpha value is -1.55. The van der Waals surface area contributed by atoms with Crippen molar-refractivity contribution in [2.45, 2.75) is 308 Å². The minimum atomic E-state index is -5.32. The van der Waals surface area contributed by atoms with Crippen molar-refractivity contribution in [2.24, 2.45) is 17.8 Å². The lowest BCUT2D eigenvalue weighted by Crippen LogP contribution is -2.65. The first-order valence-electron chi connectivity index (χ1n) is 28.9. The Balaban J connectivity index is 2.04. The van der Waals surface area contributed by atoms with Gasteiger partial charge in [0.25, 0.3) is 0 Å². The quantitative estimate of drug-likeness (QED) is 0.0170. The van der Waals surface area contributed by atoms with E-state index in [4.69, 9.17) is 23.7 Å². The van der Waals surface area contributed by atoms with Crippen LogP contribution in [0.25, 0.3) is 0 Å². The predicted octanol–water partition coefficient (Wildman–Crippen LogP) is 9.32. The number of aliphatic hydroxyl groups excluding tert-OH is 6. The fourth-order valence-corrected chi connectivity index (χ4v) is 10.8. The van der Waals surface area contributed by atoms with Crippen LogP contribution < -0.4 is 0 Å². The molecule has 2 heterocycles. The van der Waals surface area contributed by atoms with Gasteiger partial charge in [-0.3, -0.25) is 14.1 Å². The van der Waals surface area contributed by atoms with E-state index in [0.717, 1.165) is 44.9 Å². The summed E-state index contributed by atoms with van der Waals surface area (Å²) in [7, 11) is -5.32. The molecule has 73 heavy (non-hydrogen) atoms. The van der Waals surface area contributed by atoms with E-state index in [0.29, 0.717) is 25.7 Å². The molecule has 0 radical (unpaired) electrons. The van der Waals surface area contributed by atoms with Gasteiger partial charge in [-0.2, -0.15) is 8.42 Å². The van der Waals surface area contributed by atoms with E-state index >= 15 is 0 Å². The average Bonchev–Trinajstić information content (AvgIpc) is 3.35. The number of esters is 2. The van der Waals surface area contributed by atoms with Crippen LogP contribution in [0, 0.1) is 17.8 Å². The first kappa shape index (κ1) is 67.6. The van der Waals surface area contributed by atoms with E-state index in [1.165, 1.54) is 128 Å². The number of unbranched alkanes of at least 4 members (excludes halogenated alkanes) is 26. The van der Waals surface area contributed by atoms with Crippen molar-refractivity contribution in [3.63, 3.8) is 0 Å². The molecule has 14 atom stereocenters. The average molecular weight is 1070 g/mol. The van der Waals surface area contributed by atoms with Crippen LogP contribution in [0.15, 0.2) is 0 Å². The topological polar surface area (TPSA) is 265 Å². The Bertz CT molecular complexity index is 1510. The zero-order chi connectivity index (χ0) is 54.0. The highest BCUT2D eigenvalue weighted by Crippen LogP contribution is 2.34. The van der Waals surface area contributed by atoms with Crippen LogP contribution >= 0.6 is 0 Å². The molecule has 0 spiro atoms. The largest absolute Gasteiger partial charge is 0.455 e. The Labute approximate surface area is 440 Å². The van der Waals surface area contributed by atoms with Crippen molar-refractivity contribution in [2.75, 3.05) is 13.2 Å². The van der Waals surface area contributed by atoms with E-state index in [9.17, 15) is 53.2 Å². The van der Waals surface area contributed by atoms with Crippen LogP contribution in [0.1, 0.15) is 240 Å². The van der Waals surface area contributed by atoms with Crippen molar-refractivity contribution in [1.82, 2.24) is 0 Å². The maximum Gasteiger partial charge on any atom is 0.397 e. The molecule has 14 unspecified atom stereocenters. The van der Waals surface area contributed by atoms with Crippen molar-refractivity contribution in [3.8, 4) is 0 Å². The van der Waals surface area contributed by atoms with Gasteiger partial charge in [-0.25, -0.2) is 4.18 Å². The van der Waals surface area contributed by atoms with Gasteiger partial charge >= 0.3 is 22.3 Å². The summed E-state index contributed by atoms with van der Waals surface area (Å²) in [5.41, 5.74) is 0. The Kier molecular flexibility index (Phi) is 36.8. The minimum Gasteiger partial charge on any atom is -0.455 e. The number of hydrogen-bond donors (Lipinski definition) is 7. The number of aliphatic hydroxyl groups is 6. The van der Waals surface area contributed by atoms with Gasteiger partial charge in [-0.15, -0.1) is 0 Å². The third-order valence-corrected chi connectivity index (χ3v) is 15.3. The van der Waals surface area contributed by atoms with Crippen LogP contribution in [0.3, 0.4) is 0 Å². The Morgan fingerprint density at radius 1 is 0.534 bits per heavy atom. The smallest absolute Gasteiger partial charge is 0.397 e. The second-order valence-corrected chi connectivity index (χ2v) is 22.7. The standard InChI is InChI=1S/C55H104O17S/c1-6-8-10-12-14-16-18-20-21-23-24-26-28-30-32-34-43(58)41(4)36-40(3)37-42(5)53(63)70-52-50(69-46(59)35-33-31-29-27-25-22-19-17-15-13-11-9-7-2)48(61)45(39-57)68-55(52)71-54-51(72-73(64,65)66)49(62)47(60)44(38-56)67-54/h40-45,47-52,54-58,60-62H,6-39H2,1-5H3,(H,64,65,66). The summed E-state index contributed by atoms with van der Waals surface area (Å²) in [4.78, 5) is 27.4. The van der Waals surface area contributed by atoms with Crippen LogP contribution in [-0.2, 0) is 47.9 Å². The molecule has 2 aliphatic heterocycles. The highest BCUT2D eigenvalue weighted by molar-refractivity contribution is 7.80. The molecule has 0 aromatic heterocycles. The highest BCUT2D eigenvalue weighted by Gasteiger charge is 2.54. The van der Waals surface area contributed by atoms with Crippen molar-refractivity contribution in [3.05, 3.63) is 0 Å². The summed E-state index contributed by atoms with van der Waals surface area (Å²) in [6.07, 6.45) is 16.0. The number of carbonyl (C=O) groups is 2. The Morgan fingerprint density at radius 2 is 0.945 bits per heavy atom. The van der Waals surface area contributed by atoms with Gasteiger partial charge < -0.3 is 54.3 Å². The molecule has 0 saturated carbocycles. The summed E-state index contributed by atoms with van der Waals surface area (Å²) in [6, 6.07) is 0. The molecule has 432 valence electrons. The van der Waals surface area contributed by atoms with Crippen LogP contribution in [0.2, 0.25) is 0 Å². The van der Waals surface area contributed by atoms with Gasteiger partial charge in [0.1, 0.15) is 30.5 Å². The summed E-state index contributed by atoms with van der Waals surface area (Å²) >= 11 is 0. The van der Waals surface area contributed by atoms with Gasteiger partial charge in [0, 0.05) is 6.42 Å². The normalized spacial score (nSPS) is 26.3. The molecule has 7 N–H and O–H groups in total. The van der Waals surface area contributed by atoms with Crippen molar-refractivity contribution >= 4 is 22.3 Å². The highest BCUT2D eigenvalue weighted by atomic mass is 32.3. The van der Waals surface area contributed by atoms with E-state index in [1.807, 2.05) is 13.8 Å². The van der Waals surface area contributed by atoms with Gasteiger partial charge in [0.2, 0.25) is 6.29 Å². The molecule has 2 rings (SSSR count). The molecule has 2 fully saturated rings. The predicted molar refractivity (Wildman–Crippen MR) is 279 cm³/mol. The van der Waals surface area contributed by atoms with E-state index < -0.39 is 109 Å². The molecule has 2 aliphatic rings. The number of carbonyl (C=O) groups excluding carboxylic acids is 2. The number of rotatable bonds is 44. The zero-order valence-corrected chi connectivity index (χ0v) is 46.6. The van der Waals surface area contributed by atoms with Crippen molar-refractivity contribution < 1.29 is 81.1 Å². The second kappa shape index (κ2) is 39.8. The molecule has 0 aromatic rings. The third kappa shape index (κ3) is 28.6. The first-order valence-corrected chi connectivity index (χ1v) is 30.3. The van der Waals surface area contributed by atoms with Gasteiger partial charge in [-0.05, 0) is 37.5 Å². The molecule has 18 heteroatoms. The van der Waals surface area contributed by atoms with Gasteiger partial charge in [0.15, 0.2) is 24.6 Å². The lowest BCUT2D eigenvalue weighted by Gasteiger charge is -2.46. The summed E-state index contributed by atoms with van der Waals surface area (Å²) in [5.74, 6) is -2.39. The van der Waals surface area contributed by atoms with Gasteiger partial charge in [0.05, 0.1) is 25.2 Å². The molecule has 2 saturated heterocycles.